The highest BCUT2D eigenvalue weighted by Crippen LogP contribution is 2.29. The van der Waals surface area contributed by atoms with Crippen molar-refractivity contribution in [2.75, 3.05) is 24.7 Å². The van der Waals surface area contributed by atoms with E-state index in [-0.39, 0.29) is 28.9 Å². The minimum atomic E-state index is -0.562. The first kappa shape index (κ1) is 22.5. The van der Waals surface area contributed by atoms with Crippen LogP contribution in [0.3, 0.4) is 0 Å². The lowest BCUT2D eigenvalue weighted by Gasteiger charge is -2.21. The predicted molar refractivity (Wildman–Crippen MR) is 120 cm³/mol. The molecule has 3 rings (SSSR count). The Labute approximate surface area is 183 Å². The smallest absolute Gasteiger partial charge is 0.290 e. The molecule has 32 heavy (non-hydrogen) atoms. The number of aromatic amines is 1. The van der Waals surface area contributed by atoms with Gasteiger partial charge in [0, 0.05) is 21.1 Å². The van der Waals surface area contributed by atoms with Crippen LogP contribution in [0.1, 0.15) is 35.4 Å². The summed E-state index contributed by atoms with van der Waals surface area (Å²) in [6.07, 6.45) is 1.72. The second-order valence-electron chi connectivity index (χ2n) is 7.32. The van der Waals surface area contributed by atoms with Crippen molar-refractivity contribution in [1.29, 1.82) is 0 Å². The molecule has 1 unspecified atom stereocenters. The Morgan fingerprint density at radius 1 is 1.19 bits per heavy atom. The second kappa shape index (κ2) is 9.33. The lowest BCUT2D eigenvalue weighted by molar-refractivity contribution is 0.0818. The van der Waals surface area contributed by atoms with Gasteiger partial charge in [-0.15, -0.1) is 0 Å². The van der Waals surface area contributed by atoms with Gasteiger partial charge in [0.15, 0.2) is 17.3 Å². The van der Waals surface area contributed by atoms with E-state index in [1.54, 1.807) is 0 Å². The number of aryl methyl sites for hydroxylation is 1. The Hall–Kier alpha value is -4.15. The molecule has 1 amide bonds. The molecule has 0 aliphatic heterocycles. The van der Waals surface area contributed by atoms with E-state index in [1.165, 1.54) is 26.0 Å². The van der Waals surface area contributed by atoms with Crippen molar-refractivity contribution < 1.29 is 9.90 Å². The summed E-state index contributed by atoms with van der Waals surface area (Å²) in [4.78, 5) is 46.9. The molecule has 11 heteroatoms. The molecule has 0 fully saturated rings. The van der Waals surface area contributed by atoms with E-state index in [0.29, 0.717) is 6.42 Å². The van der Waals surface area contributed by atoms with E-state index >= 15 is 0 Å². The number of amides is 1. The van der Waals surface area contributed by atoms with Crippen LogP contribution in [0.2, 0.25) is 0 Å². The molecule has 168 valence electrons. The zero-order valence-electron chi connectivity index (χ0n) is 18.2. The fraction of sp³-hybridized carbons (Fsp3) is 0.286. The predicted octanol–water partition coefficient (Wildman–Crippen LogP) is 1.58. The van der Waals surface area contributed by atoms with Crippen molar-refractivity contribution in [1.82, 2.24) is 24.6 Å². The molecule has 2 heterocycles. The van der Waals surface area contributed by atoms with E-state index in [9.17, 15) is 19.5 Å². The van der Waals surface area contributed by atoms with E-state index < -0.39 is 22.8 Å². The highest BCUT2D eigenvalue weighted by atomic mass is 16.3. The molecule has 3 aromatic rings. The molecule has 4 N–H and O–H groups in total. The highest BCUT2D eigenvalue weighted by Gasteiger charge is 2.23. The molecular weight excluding hydrogens is 414 g/mol. The third-order valence-corrected chi connectivity index (χ3v) is 4.87. The van der Waals surface area contributed by atoms with Gasteiger partial charge >= 0.3 is 0 Å². The van der Waals surface area contributed by atoms with Gasteiger partial charge in [-0.1, -0.05) is 37.3 Å². The zero-order chi connectivity index (χ0) is 23.4. The van der Waals surface area contributed by atoms with Crippen LogP contribution in [-0.2, 0) is 7.05 Å². The molecule has 0 bridgehead atoms. The van der Waals surface area contributed by atoms with Crippen LogP contribution in [0.5, 0.6) is 5.75 Å². The van der Waals surface area contributed by atoms with Crippen LogP contribution in [0.15, 0.2) is 46.2 Å². The number of anilines is 3. The van der Waals surface area contributed by atoms with Crippen LogP contribution < -0.4 is 21.8 Å². The maximum Gasteiger partial charge on any atom is 0.290 e. The summed E-state index contributed by atoms with van der Waals surface area (Å²) in [6.45, 7) is 1.95. The molecule has 0 saturated carbocycles. The average molecular weight is 439 g/mol. The molecule has 11 nitrogen and oxygen atoms in total. The standard InChI is InChI=1S/C21H25N7O4/c1-5-13(12-9-7-6-8-10-12)24-14-15(21(32)28(4)26-19(14)30)25-18-17(29)16(22-11-23-18)20(31)27(2)3/h6-11,13,24,29H,5H2,1-4H3,(H,26,30)(H,22,23,25). The quantitative estimate of drug-likeness (QED) is 0.434. The summed E-state index contributed by atoms with van der Waals surface area (Å²) in [6, 6.07) is 9.23. The minimum Gasteiger partial charge on any atom is -0.503 e. The van der Waals surface area contributed by atoms with Crippen LogP contribution >= 0.6 is 0 Å². The normalized spacial score (nSPS) is 11.6. The first-order chi connectivity index (χ1) is 15.2. The largest absolute Gasteiger partial charge is 0.503 e. The van der Waals surface area contributed by atoms with Crippen molar-refractivity contribution in [3.8, 4) is 5.75 Å². The summed E-state index contributed by atoms with van der Waals surface area (Å²) in [7, 11) is 4.42. The fourth-order valence-corrected chi connectivity index (χ4v) is 3.14. The fourth-order valence-electron chi connectivity index (χ4n) is 3.14. The van der Waals surface area contributed by atoms with Crippen LogP contribution in [0, 0.1) is 0 Å². The van der Waals surface area contributed by atoms with Crippen molar-refractivity contribution in [3.63, 3.8) is 0 Å². The summed E-state index contributed by atoms with van der Waals surface area (Å²) in [5.41, 5.74) is -0.537. The van der Waals surface area contributed by atoms with Crippen LogP contribution in [0.4, 0.5) is 17.2 Å². The molecule has 0 aliphatic carbocycles. The zero-order valence-corrected chi connectivity index (χ0v) is 18.2. The van der Waals surface area contributed by atoms with Gasteiger partial charge < -0.3 is 20.6 Å². The van der Waals surface area contributed by atoms with Gasteiger partial charge in [0.05, 0.1) is 6.04 Å². The van der Waals surface area contributed by atoms with E-state index in [1.807, 2.05) is 37.3 Å². The number of nitrogens with zero attached hydrogens (tertiary/aromatic N) is 4. The van der Waals surface area contributed by atoms with Gasteiger partial charge in [0.2, 0.25) is 0 Å². The van der Waals surface area contributed by atoms with Gasteiger partial charge in [-0.3, -0.25) is 24.2 Å². The number of hydrogen-bond donors (Lipinski definition) is 4. The van der Waals surface area contributed by atoms with Gasteiger partial charge in [-0.25, -0.2) is 9.97 Å². The number of aromatic hydroxyl groups is 1. The van der Waals surface area contributed by atoms with Gasteiger partial charge in [-0.2, -0.15) is 0 Å². The van der Waals surface area contributed by atoms with Crippen molar-refractivity contribution >= 4 is 23.1 Å². The number of hydrogen-bond acceptors (Lipinski definition) is 8. The first-order valence-electron chi connectivity index (χ1n) is 9.92. The molecule has 0 radical (unpaired) electrons. The Morgan fingerprint density at radius 3 is 2.50 bits per heavy atom. The summed E-state index contributed by atoms with van der Waals surface area (Å²) < 4.78 is 1.02. The van der Waals surface area contributed by atoms with Gasteiger partial charge in [-0.05, 0) is 12.0 Å². The van der Waals surface area contributed by atoms with Gasteiger partial charge in [0.1, 0.15) is 17.7 Å². The molecule has 1 aromatic carbocycles. The Balaban J connectivity index is 2.08. The maximum atomic E-state index is 12.9. The monoisotopic (exact) mass is 439 g/mol. The third-order valence-electron chi connectivity index (χ3n) is 4.87. The SMILES string of the molecule is CCC(Nc1c(Nc2ncnc(C(=O)N(C)C)c2O)c(=O)n(C)[nH]c1=O)c1ccccc1. The Kier molecular flexibility index (Phi) is 6.57. The topological polar surface area (TPSA) is 145 Å². The number of rotatable bonds is 7. The number of aromatic nitrogens is 4. The number of benzene rings is 1. The second-order valence-corrected chi connectivity index (χ2v) is 7.32. The summed E-state index contributed by atoms with van der Waals surface area (Å²) in [5, 5.41) is 18.9. The summed E-state index contributed by atoms with van der Waals surface area (Å²) >= 11 is 0. The Morgan fingerprint density at radius 2 is 1.88 bits per heavy atom. The molecular formula is C21H25N7O4. The van der Waals surface area contributed by atoms with Gasteiger partial charge in [0.25, 0.3) is 17.0 Å². The van der Waals surface area contributed by atoms with Crippen molar-refractivity contribution in [3.05, 3.63) is 68.6 Å². The lowest BCUT2D eigenvalue weighted by Crippen LogP contribution is -2.32. The molecule has 0 saturated heterocycles. The number of nitrogens with one attached hydrogen (secondary N) is 3. The van der Waals surface area contributed by atoms with Crippen LogP contribution in [-0.4, -0.2) is 49.8 Å². The molecule has 0 spiro atoms. The van der Waals surface area contributed by atoms with Crippen molar-refractivity contribution in [2.24, 2.45) is 7.05 Å². The molecule has 0 aliphatic rings. The lowest BCUT2D eigenvalue weighted by atomic mass is 10.0. The molecule has 2 aromatic heterocycles. The van der Waals surface area contributed by atoms with E-state index in [2.05, 4.69) is 25.7 Å². The van der Waals surface area contributed by atoms with E-state index in [4.69, 9.17) is 0 Å². The number of carbonyl (C=O) groups is 1. The van der Waals surface area contributed by atoms with E-state index in [0.717, 1.165) is 16.6 Å². The van der Waals surface area contributed by atoms with Crippen molar-refractivity contribution in [2.45, 2.75) is 19.4 Å². The minimum absolute atomic E-state index is 0.0118. The summed E-state index contributed by atoms with van der Waals surface area (Å²) in [5.74, 6) is -1.25. The first-order valence-corrected chi connectivity index (χ1v) is 9.92. The maximum absolute atomic E-state index is 12.9. The van der Waals surface area contributed by atoms with Crippen LogP contribution in [0.25, 0.3) is 0 Å². The molecule has 1 atom stereocenters. The average Bonchev–Trinajstić information content (AvgIpc) is 2.78. The highest BCUT2D eigenvalue weighted by molar-refractivity contribution is 5.96. The number of H-pyrrole nitrogens is 1. The third kappa shape index (κ3) is 4.46. The Bertz CT molecular complexity index is 1240. The number of carbonyl (C=O) groups excluding carboxylic acids is 1.